The lowest BCUT2D eigenvalue weighted by Crippen LogP contribution is -2.14. The summed E-state index contributed by atoms with van der Waals surface area (Å²) in [6.07, 6.45) is 3.53. The van der Waals surface area contributed by atoms with E-state index in [1.54, 1.807) is 42.5 Å². The summed E-state index contributed by atoms with van der Waals surface area (Å²) in [6, 6.07) is 18.8. The Balaban J connectivity index is 1.80. The SMILES string of the molecule is C=CCc1cc(/C=C(/C#N)C(=O)Nc2ccccc2F)ccc1OCc1cccc([N+](=O)[O-])c1. The van der Waals surface area contributed by atoms with Crippen molar-refractivity contribution in [3.63, 3.8) is 0 Å². The fourth-order valence-electron chi connectivity index (χ4n) is 3.13. The monoisotopic (exact) mass is 457 g/mol. The zero-order valence-corrected chi connectivity index (χ0v) is 18.0. The van der Waals surface area contributed by atoms with Crippen LogP contribution in [0.25, 0.3) is 6.08 Å². The molecule has 1 amide bonds. The van der Waals surface area contributed by atoms with E-state index in [1.807, 2.05) is 6.07 Å². The number of hydrogen-bond donors (Lipinski definition) is 1. The Kier molecular flexibility index (Phi) is 7.87. The van der Waals surface area contributed by atoms with Gasteiger partial charge in [0.15, 0.2) is 0 Å². The van der Waals surface area contributed by atoms with Crippen LogP contribution in [0.1, 0.15) is 16.7 Å². The zero-order chi connectivity index (χ0) is 24.5. The first-order chi connectivity index (χ1) is 16.4. The van der Waals surface area contributed by atoms with Crippen LogP contribution in [-0.2, 0) is 17.8 Å². The van der Waals surface area contributed by atoms with Crippen molar-refractivity contribution in [1.29, 1.82) is 5.26 Å². The molecule has 0 radical (unpaired) electrons. The summed E-state index contributed by atoms with van der Waals surface area (Å²) in [6.45, 7) is 3.86. The predicted octanol–water partition coefficient (Wildman–Crippen LogP) is 5.59. The van der Waals surface area contributed by atoms with Gasteiger partial charge in [-0.25, -0.2) is 4.39 Å². The minimum absolute atomic E-state index is 0.0223. The first-order valence-corrected chi connectivity index (χ1v) is 10.2. The van der Waals surface area contributed by atoms with Gasteiger partial charge < -0.3 is 10.1 Å². The van der Waals surface area contributed by atoms with Gasteiger partial charge in [0.1, 0.15) is 29.8 Å². The first-order valence-electron chi connectivity index (χ1n) is 10.2. The number of rotatable bonds is 9. The maximum absolute atomic E-state index is 13.8. The third-order valence-electron chi connectivity index (χ3n) is 4.76. The summed E-state index contributed by atoms with van der Waals surface area (Å²) in [5.41, 5.74) is 1.72. The number of amides is 1. The molecule has 3 rings (SSSR count). The molecule has 0 saturated heterocycles. The van der Waals surface area contributed by atoms with Gasteiger partial charge in [0, 0.05) is 12.1 Å². The molecule has 0 unspecified atom stereocenters. The summed E-state index contributed by atoms with van der Waals surface area (Å²) < 4.78 is 19.7. The van der Waals surface area contributed by atoms with Gasteiger partial charge in [-0.05, 0) is 53.5 Å². The minimum atomic E-state index is -0.733. The molecule has 0 spiro atoms. The number of halogens is 1. The van der Waals surface area contributed by atoms with Crippen molar-refractivity contribution in [1.82, 2.24) is 0 Å². The maximum Gasteiger partial charge on any atom is 0.269 e. The Bertz CT molecular complexity index is 1310. The van der Waals surface area contributed by atoms with Crippen molar-refractivity contribution in [3.05, 3.63) is 118 Å². The number of anilines is 1. The normalized spacial score (nSPS) is 10.8. The van der Waals surface area contributed by atoms with Crippen molar-refractivity contribution in [2.75, 3.05) is 5.32 Å². The van der Waals surface area contributed by atoms with Crippen molar-refractivity contribution in [2.45, 2.75) is 13.0 Å². The quantitative estimate of drug-likeness (QED) is 0.148. The van der Waals surface area contributed by atoms with Gasteiger partial charge in [0.2, 0.25) is 0 Å². The number of para-hydroxylation sites is 1. The highest BCUT2D eigenvalue weighted by atomic mass is 19.1. The van der Waals surface area contributed by atoms with E-state index in [1.165, 1.54) is 36.4 Å². The number of nitro benzene ring substituents is 1. The molecule has 1 N–H and O–H groups in total. The fraction of sp³-hybridized carbons (Fsp3) is 0.0769. The fourth-order valence-corrected chi connectivity index (χ4v) is 3.13. The van der Waals surface area contributed by atoms with Gasteiger partial charge in [0.05, 0.1) is 10.6 Å². The smallest absolute Gasteiger partial charge is 0.269 e. The molecule has 0 fully saturated rings. The average molecular weight is 457 g/mol. The molecule has 0 aliphatic rings. The molecule has 8 heteroatoms. The highest BCUT2D eigenvalue weighted by molar-refractivity contribution is 6.09. The molecule has 170 valence electrons. The first kappa shape index (κ1) is 23.9. The number of non-ortho nitro benzene ring substituents is 1. The largest absolute Gasteiger partial charge is 0.489 e. The predicted molar refractivity (Wildman–Crippen MR) is 126 cm³/mol. The molecule has 0 aromatic heterocycles. The molecule has 3 aromatic carbocycles. The summed E-state index contributed by atoms with van der Waals surface area (Å²) in [5, 5.41) is 22.8. The molecule has 0 heterocycles. The third kappa shape index (κ3) is 6.14. The lowest BCUT2D eigenvalue weighted by molar-refractivity contribution is -0.384. The number of nitrogens with one attached hydrogen (secondary N) is 1. The standard InChI is InChI=1S/C26H20FN3O4/c1-2-6-20-13-18(14-21(16-28)26(31)29-24-10-4-3-9-23(24)27)11-12-25(20)34-17-19-7-5-8-22(15-19)30(32)33/h2-5,7-15H,1,6,17H2,(H,29,31)/b21-14-. The summed E-state index contributed by atoms with van der Waals surface area (Å²) in [7, 11) is 0. The lowest BCUT2D eigenvalue weighted by atomic mass is 10.0. The molecule has 0 saturated carbocycles. The van der Waals surface area contributed by atoms with Gasteiger partial charge in [-0.15, -0.1) is 6.58 Å². The van der Waals surface area contributed by atoms with Crippen LogP contribution in [-0.4, -0.2) is 10.8 Å². The number of nitriles is 1. The van der Waals surface area contributed by atoms with Crippen LogP contribution in [0.15, 0.2) is 85.0 Å². The molecular weight excluding hydrogens is 437 g/mol. The number of carbonyl (C=O) groups is 1. The third-order valence-corrected chi connectivity index (χ3v) is 4.76. The van der Waals surface area contributed by atoms with Crippen molar-refractivity contribution in [3.8, 4) is 11.8 Å². The number of benzene rings is 3. The summed E-state index contributed by atoms with van der Waals surface area (Å²) in [4.78, 5) is 22.9. The number of carbonyl (C=O) groups excluding carboxylic acids is 1. The molecule has 0 atom stereocenters. The van der Waals surface area contributed by atoms with E-state index in [4.69, 9.17) is 4.74 Å². The van der Waals surface area contributed by atoms with Crippen LogP contribution in [0.3, 0.4) is 0 Å². The second-order valence-corrected chi connectivity index (χ2v) is 7.18. The van der Waals surface area contributed by atoms with Gasteiger partial charge >= 0.3 is 0 Å². The van der Waals surface area contributed by atoms with Crippen molar-refractivity contribution in [2.24, 2.45) is 0 Å². The Labute approximate surface area is 195 Å². The maximum atomic E-state index is 13.8. The Morgan fingerprint density at radius 3 is 2.68 bits per heavy atom. The number of ether oxygens (including phenoxy) is 1. The molecule has 0 aliphatic heterocycles. The van der Waals surface area contributed by atoms with E-state index in [2.05, 4.69) is 11.9 Å². The highest BCUT2D eigenvalue weighted by Crippen LogP contribution is 2.25. The van der Waals surface area contributed by atoms with Gasteiger partial charge in [0.25, 0.3) is 11.6 Å². The number of nitrogens with zero attached hydrogens (tertiary/aromatic N) is 2. The van der Waals surface area contributed by atoms with E-state index in [9.17, 15) is 24.6 Å². The Morgan fingerprint density at radius 2 is 1.97 bits per heavy atom. The summed E-state index contributed by atoms with van der Waals surface area (Å²) in [5.74, 6) is -0.798. The van der Waals surface area contributed by atoms with E-state index >= 15 is 0 Å². The van der Waals surface area contributed by atoms with Gasteiger partial charge in [-0.3, -0.25) is 14.9 Å². The number of nitro groups is 1. The Morgan fingerprint density at radius 1 is 1.18 bits per heavy atom. The van der Waals surface area contributed by atoms with Crippen molar-refractivity contribution < 1.29 is 18.8 Å². The van der Waals surface area contributed by atoms with E-state index in [0.717, 1.165) is 5.56 Å². The average Bonchev–Trinajstić information content (AvgIpc) is 2.83. The second-order valence-electron chi connectivity index (χ2n) is 7.18. The van der Waals surface area contributed by atoms with E-state index in [0.29, 0.717) is 23.3 Å². The number of allylic oxidation sites excluding steroid dienone is 1. The van der Waals surface area contributed by atoms with Crippen molar-refractivity contribution >= 4 is 23.4 Å². The topological polar surface area (TPSA) is 105 Å². The summed E-state index contributed by atoms with van der Waals surface area (Å²) >= 11 is 0. The van der Waals surface area contributed by atoms with Crippen LogP contribution in [0.4, 0.5) is 15.8 Å². The van der Waals surface area contributed by atoms with Crippen LogP contribution in [0.2, 0.25) is 0 Å². The zero-order valence-electron chi connectivity index (χ0n) is 18.0. The second kappa shape index (κ2) is 11.2. The van der Waals surface area contributed by atoms with Gasteiger partial charge in [-0.2, -0.15) is 5.26 Å². The van der Waals surface area contributed by atoms with Crippen LogP contribution < -0.4 is 10.1 Å². The molecule has 0 bridgehead atoms. The van der Waals surface area contributed by atoms with E-state index < -0.39 is 16.6 Å². The highest BCUT2D eigenvalue weighted by Gasteiger charge is 2.13. The van der Waals surface area contributed by atoms with Crippen LogP contribution in [0.5, 0.6) is 5.75 Å². The molecule has 34 heavy (non-hydrogen) atoms. The minimum Gasteiger partial charge on any atom is -0.489 e. The molecular formula is C26H20FN3O4. The van der Waals surface area contributed by atoms with E-state index in [-0.39, 0.29) is 23.6 Å². The van der Waals surface area contributed by atoms with Crippen LogP contribution in [0, 0.1) is 27.3 Å². The lowest BCUT2D eigenvalue weighted by Gasteiger charge is -2.12. The van der Waals surface area contributed by atoms with Crippen LogP contribution >= 0.6 is 0 Å². The van der Waals surface area contributed by atoms with Gasteiger partial charge in [-0.1, -0.05) is 36.4 Å². The molecule has 7 nitrogen and oxygen atoms in total. The number of hydrogen-bond acceptors (Lipinski definition) is 5. The molecule has 3 aromatic rings. The Hall–Kier alpha value is -4.77. The molecule has 0 aliphatic carbocycles.